The fraction of sp³-hybridized carbons (Fsp3) is 0.320. The van der Waals surface area contributed by atoms with Crippen LogP contribution in [0.4, 0.5) is 5.95 Å². The van der Waals surface area contributed by atoms with Crippen LogP contribution < -0.4 is 5.73 Å². The molecule has 1 aliphatic heterocycles. The van der Waals surface area contributed by atoms with Gasteiger partial charge in [-0.2, -0.15) is 0 Å². The lowest BCUT2D eigenvalue weighted by atomic mass is 10.1. The molecule has 0 aliphatic carbocycles. The normalized spacial score (nSPS) is 14.1. The Morgan fingerprint density at radius 1 is 1.06 bits per heavy atom. The summed E-state index contributed by atoms with van der Waals surface area (Å²) in [6, 6.07) is 14.7. The Kier molecular flexibility index (Phi) is 8.95. The van der Waals surface area contributed by atoms with Crippen LogP contribution in [0.15, 0.2) is 57.9 Å². The van der Waals surface area contributed by atoms with E-state index in [1.165, 1.54) is 24.2 Å². The number of likely N-dealkylation sites (tertiary alicyclic amines) is 1. The third-order valence-corrected chi connectivity index (χ3v) is 9.52. The summed E-state index contributed by atoms with van der Waals surface area (Å²) in [5.41, 5.74) is 9.22. The van der Waals surface area contributed by atoms with Crippen LogP contribution in [0, 0.1) is 6.92 Å². The summed E-state index contributed by atoms with van der Waals surface area (Å²) in [5, 5.41) is 7.82. The summed E-state index contributed by atoms with van der Waals surface area (Å²) in [7, 11) is -3.12. The second kappa shape index (κ2) is 12.0. The van der Waals surface area contributed by atoms with Crippen LogP contribution in [0.2, 0.25) is 4.34 Å². The summed E-state index contributed by atoms with van der Waals surface area (Å²) < 4.78 is 25.8. The number of aryl methyl sites for hydroxylation is 1. The zero-order valence-corrected chi connectivity index (χ0v) is 23.8. The van der Waals surface area contributed by atoms with Crippen molar-refractivity contribution in [3.05, 3.63) is 62.9 Å². The van der Waals surface area contributed by atoms with Crippen LogP contribution in [0.1, 0.15) is 24.8 Å². The lowest BCUT2D eigenvalue weighted by Crippen LogP contribution is -2.22. The van der Waals surface area contributed by atoms with E-state index >= 15 is 0 Å². The van der Waals surface area contributed by atoms with Gasteiger partial charge in [0.2, 0.25) is 5.95 Å². The van der Waals surface area contributed by atoms with E-state index in [1.54, 1.807) is 24.3 Å². The van der Waals surface area contributed by atoms with E-state index in [1.807, 2.05) is 31.2 Å². The molecule has 11 heteroatoms. The first-order valence-electron chi connectivity index (χ1n) is 11.6. The third-order valence-electron chi connectivity index (χ3n) is 5.91. The number of thiophene rings is 1. The van der Waals surface area contributed by atoms with Crippen molar-refractivity contribution < 1.29 is 8.42 Å². The summed E-state index contributed by atoms with van der Waals surface area (Å²) >= 11 is 10.8. The predicted octanol–water partition coefficient (Wildman–Crippen LogP) is 6.01. The zero-order chi connectivity index (χ0) is 25.7. The number of hydrogen-bond acceptors (Lipinski definition) is 8. The molecule has 190 valence electrons. The molecule has 3 heterocycles. The molecule has 0 amide bonds. The van der Waals surface area contributed by atoms with E-state index in [9.17, 15) is 8.42 Å². The maximum Gasteiger partial charge on any atom is 0.240 e. The number of benzene rings is 2. The zero-order valence-electron chi connectivity index (χ0n) is 19.8. The van der Waals surface area contributed by atoms with E-state index < -0.39 is 9.84 Å². The number of hydrogen-bond donors (Lipinski definition) is 1. The van der Waals surface area contributed by atoms with Crippen LogP contribution in [-0.2, 0) is 9.84 Å². The molecule has 2 N–H and O–H groups in total. The predicted molar refractivity (Wildman–Crippen MR) is 151 cm³/mol. The number of halogens is 2. The van der Waals surface area contributed by atoms with Gasteiger partial charge in [-0.3, -0.25) is 0 Å². The molecule has 36 heavy (non-hydrogen) atoms. The van der Waals surface area contributed by atoms with Crippen LogP contribution >= 0.6 is 38.9 Å². The molecule has 0 spiro atoms. The molecule has 1 aliphatic rings. The summed E-state index contributed by atoms with van der Waals surface area (Å²) in [6.07, 6.45) is 3.22. The first-order chi connectivity index (χ1) is 17.2. The van der Waals surface area contributed by atoms with Crippen molar-refractivity contribution in [1.82, 2.24) is 20.1 Å². The highest BCUT2D eigenvalue weighted by Crippen LogP contribution is 2.34. The second-order valence-corrected chi connectivity index (χ2v) is 13.3. The Hall–Kier alpha value is -2.11. The maximum absolute atomic E-state index is 12.1. The topological polar surface area (TPSA) is 102 Å². The molecule has 2 aromatic carbocycles. The highest BCUT2D eigenvalue weighted by atomic mass is 79.9. The summed E-state index contributed by atoms with van der Waals surface area (Å²) in [4.78, 5) is 8.03. The number of anilines is 1. The van der Waals surface area contributed by atoms with Crippen LogP contribution in [0.25, 0.3) is 21.5 Å². The smallest absolute Gasteiger partial charge is 0.240 e. The van der Waals surface area contributed by atoms with Crippen LogP contribution in [-0.4, -0.2) is 53.9 Å². The number of fused-ring (bicyclic) bond motifs is 1. The molecule has 0 radical (unpaired) electrons. The van der Waals surface area contributed by atoms with Gasteiger partial charge < -0.3 is 10.6 Å². The van der Waals surface area contributed by atoms with Gasteiger partial charge in [-0.1, -0.05) is 27.5 Å². The van der Waals surface area contributed by atoms with E-state index in [4.69, 9.17) is 17.3 Å². The molecular weight excluding hydrogens is 582 g/mol. The quantitative estimate of drug-likeness (QED) is 0.286. The van der Waals surface area contributed by atoms with E-state index in [2.05, 4.69) is 36.0 Å². The molecule has 1 fully saturated rings. The number of nitrogen functional groups attached to an aromatic ring is 1. The molecule has 1 saturated heterocycles. The third kappa shape index (κ3) is 7.01. The SMILES string of the molecule is Cc1cc2nc(N)nnc2cc1-c1ccc(Cl)s1.O=S(=O)(CCCN1CCCC1)c1ccc(Br)cc1. The van der Waals surface area contributed by atoms with Gasteiger partial charge in [0.1, 0.15) is 5.52 Å². The Labute approximate surface area is 228 Å². The summed E-state index contributed by atoms with van der Waals surface area (Å²) in [6.45, 7) is 5.17. The van der Waals surface area contributed by atoms with Gasteiger partial charge in [0.25, 0.3) is 0 Å². The van der Waals surface area contributed by atoms with E-state index in [0.717, 1.165) is 61.9 Å². The number of nitrogens with two attached hydrogens (primary N) is 1. The first-order valence-corrected chi connectivity index (χ1v) is 15.2. The van der Waals surface area contributed by atoms with Gasteiger partial charge in [-0.15, -0.1) is 21.5 Å². The van der Waals surface area contributed by atoms with E-state index in [-0.39, 0.29) is 11.7 Å². The molecule has 2 aromatic heterocycles. The number of aromatic nitrogens is 3. The van der Waals surface area contributed by atoms with Crippen molar-refractivity contribution in [3.8, 4) is 10.4 Å². The molecular formula is C25H27BrClN5O2S2. The Morgan fingerprint density at radius 2 is 1.78 bits per heavy atom. The van der Waals surface area contributed by atoms with Crippen molar-refractivity contribution in [3.63, 3.8) is 0 Å². The molecule has 7 nitrogen and oxygen atoms in total. The lowest BCUT2D eigenvalue weighted by Gasteiger charge is -2.14. The van der Waals surface area contributed by atoms with Gasteiger partial charge in [0.15, 0.2) is 9.84 Å². The Morgan fingerprint density at radius 3 is 2.44 bits per heavy atom. The minimum Gasteiger partial charge on any atom is -0.366 e. The Bertz CT molecular complexity index is 1440. The number of sulfone groups is 1. The molecule has 0 unspecified atom stereocenters. The molecule has 4 aromatic rings. The highest BCUT2D eigenvalue weighted by molar-refractivity contribution is 9.10. The average Bonchev–Trinajstić information content (AvgIpc) is 3.51. The van der Waals surface area contributed by atoms with Gasteiger partial charge >= 0.3 is 0 Å². The molecule has 0 atom stereocenters. The van der Waals surface area contributed by atoms with Crippen molar-refractivity contribution >= 4 is 65.7 Å². The van der Waals surface area contributed by atoms with Crippen LogP contribution in [0.5, 0.6) is 0 Å². The standard InChI is InChI=1S/C13H18BrNO2S.C12H9ClN4S/c14-12-4-6-13(7-5-12)18(16,17)11-3-10-15-8-1-2-9-15;1-6-4-8-9(16-17-12(14)15-8)5-7(6)10-2-3-11(13)18-10/h4-7H,1-3,8-11H2;2-5H,1H3,(H2,14,15,17). The molecule has 0 saturated carbocycles. The van der Waals surface area contributed by atoms with Crippen molar-refractivity contribution in [1.29, 1.82) is 0 Å². The van der Waals surface area contributed by atoms with Gasteiger partial charge in [0, 0.05) is 9.35 Å². The minimum atomic E-state index is -3.12. The highest BCUT2D eigenvalue weighted by Gasteiger charge is 2.16. The van der Waals surface area contributed by atoms with Gasteiger partial charge in [-0.25, -0.2) is 13.4 Å². The number of nitrogens with zero attached hydrogens (tertiary/aromatic N) is 4. The summed E-state index contributed by atoms with van der Waals surface area (Å²) in [5.74, 6) is 0.430. The molecule has 0 bridgehead atoms. The van der Waals surface area contributed by atoms with Crippen molar-refractivity contribution in [2.24, 2.45) is 0 Å². The first kappa shape index (κ1) is 26.9. The molecule has 5 rings (SSSR count). The average molecular weight is 609 g/mol. The fourth-order valence-electron chi connectivity index (χ4n) is 4.07. The Balaban J connectivity index is 0.000000169. The van der Waals surface area contributed by atoms with Crippen molar-refractivity contribution in [2.45, 2.75) is 31.1 Å². The lowest BCUT2D eigenvalue weighted by molar-refractivity contribution is 0.340. The second-order valence-electron chi connectivity index (χ2n) is 8.60. The monoisotopic (exact) mass is 607 g/mol. The largest absolute Gasteiger partial charge is 0.366 e. The van der Waals surface area contributed by atoms with Gasteiger partial charge in [0.05, 0.1) is 20.5 Å². The van der Waals surface area contributed by atoms with E-state index in [0.29, 0.717) is 4.90 Å². The van der Waals surface area contributed by atoms with Gasteiger partial charge in [-0.05, 0) is 105 Å². The minimum absolute atomic E-state index is 0.189. The van der Waals surface area contributed by atoms with Crippen LogP contribution in [0.3, 0.4) is 0 Å². The maximum atomic E-state index is 12.1. The fourth-order valence-corrected chi connectivity index (χ4v) is 6.75. The van der Waals surface area contributed by atoms with Crippen molar-refractivity contribution in [2.75, 3.05) is 31.1 Å². The number of rotatable bonds is 6.